The van der Waals surface area contributed by atoms with E-state index in [1.54, 1.807) is 5.57 Å². The van der Waals surface area contributed by atoms with E-state index >= 15 is 0 Å². The van der Waals surface area contributed by atoms with Crippen molar-refractivity contribution in [3.05, 3.63) is 129 Å². The summed E-state index contributed by atoms with van der Waals surface area (Å²) in [5, 5.41) is 0. The summed E-state index contributed by atoms with van der Waals surface area (Å²) >= 11 is 0. The summed E-state index contributed by atoms with van der Waals surface area (Å²) in [6, 6.07) is 32.7. The van der Waals surface area contributed by atoms with Gasteiger partial charge >= 0.3 is 0 Å². The zero-order chi connectivity index (χ0) is 36.4. The second kappa shape index (κ2) is 12.9. The number of ether oxygens (including phenoxy) is 1. The third kappa shape index (κ3) is 6.79. The smallest absolute Gasteiger partial charge is 0.104 e. The van der Waals surface area contributed by atoms with Crippen LogP contribution in [0, 0.1) is 5.92 Å². The molecule has 0 fully saturated rings. The van der Waals surface area contributed by atoms with Gasteiger partial charge in [0.05, 0.1) is 5.60 Å². The fraction of sp³-hybridized carbons (Fsp3) is 0.417. The Balaban J connectivity index is 1.50. The summed E-state index contributed by atoms with van der Waals surface area (Å²) in [6.07, 6.45) is 5.88. The van der Waals surface area contributed by atoms with E-state index in [2.05, 4.69) is 187 Å². The summed E-state index contributed by atoms with van der Waals surface area (Å²) in [5.41, 5.74) is 17.6. The molecule has 0 saturated carbocycles. The van der Waals surface area contributed by atoms with Crippen LogP contribution in [0.3, 0.4) is 0 Å². The molecule has 6 rings (SSSR count). The van der Waals surface area contributed by atoms with Crippen molar-refractivity contribution in [3.8, 4) is 22.3 Å². The first-order chi connectivity index (χ1) is 23.3. The first-order valence-electron chi connectivity index (χ1n) is 18.8. The lowest BCUT2D eigenvalue weighted by atomic mass is 9.86. The van der Waals surface area contributed by atoms with Crippen LogP contribution in [0.5, 0.6) is 0 Å². The van der Waals surface area contributed by atoms with E-state index in [0.717, 1.165) is 6.23 Å². The molecule has 0 radical (unpaired) electrons. The second-order valence-corrected chi connectivity index (χ2v) is 23.2. The van der Waals surface area contributed by atoms with Crippen LogP contribution in [0.1, 0.15) is 128 Å². The van der Waals surface area contributed by atoms with Gasteiger partial charge in [-0.1, -0.05) is 170 Å². The average Bonchev–Trinajstić information content (AvgIpc) is 3.61. The van der Waals surface area contributed by atoms with Gasteiger partial charge in [-0.2, -0.15) is 0 Å². The normalized spacial score (nSPS) is 18.8. The van der Waals surface area contributed by atoms with Crippen molar-refractivity contribution in [2.75, 3.05) is 6.23 Å². The summed E-state index contributed by atoms with van der Waals surface area (Å²) in [6.45, 7) is 30.2. The molecule has 2 aliphatic rings. The van der Waals surface area contributed by atoms with Gasteiger partial charge in [0.2, 0.25) is 0 Å². The highest BCUT2D eigenvalue weighted by Crippen LogP contribution is 2.56. The molecule has 0 heterocycles. The molecule has 4 aromatic carbocycles. The summed E-state index contributed by atoms with van der Waals surface area (Å²) in [7, 11) is -2.36. The molecular formula is C48H60OSi. The minimum atomic E-state index is -2.36. The average molecular weight is 681 g/mol. The Hall–Kier alpha value is -3.46. The molecule has 0 aliphatic heterocycles. The van der Waals surface area contributed by atoms with Crippen LogP contribution < -0.4 is 0 Å². The summed E-state index contributed by atoms with van der Waals surface area (Å²) < 4.78 is 6.95. The number of benzene rings is 4. The van der Waals surface area contributed by atoms with Crippen LogP contribution in [-0.4, -0.2) is 19.9 Å². The van der Waals surface area contributed by atoms with Crippen LogP contribution in [-0.2, 0) is 15.6 Å². The molecule has 262 valence electrons. The molecule has 0 amide bonds. The van der Waals surface area contributed by atoms with Gasteiger partial charge in [0.1, 0.15) is 8.07 Å². The van der Waals surface area contributed by atoms with E-state index in [0.29, 0.717) is 17.0 Å². The lowest BCUT2D eigenvalue weighted by molar-refractivity contribution is 0.0209. The minimum Gasteiger partial charge on any atom is -0.379 e. The molecule has 0 spiro atoms. The Morgan fingerprint density at radius 1 is 0.600 bits per heavy atom. The summed E-state index contributed by atoms with van der Waals surface area (Å²) in [4.78, 5) is 0. The molecule has 0 N–H and O–H groups in total. The van der Waals surface area contributed by atoms with E-state index in [-0.39, 0.29) is 16.4 Å². The fourth-order valence-corrected chi connectivity index (χ4v) is 14.2. The van der Waals surface area contributed by atoms with Crippen LogP contribution in [0.4, 0.5) is 0 Å². The number of rotatable bonds is 7. The molecule has 0 bridgehead atoms. The van der Waals surface area contributed by atoms with Gasteiger partial charge in [-0.15, -0.1) is 0 Å². The maximum absolute atomic E-state index is 6.95. The largest absolute Gasteiger partial charge is 0.379 e. The van der Waals surface area contributed by atoms with Crippen LogP contribution in [0.25, 0.3) is 34.4 Å². The third-order valence-corrected chi connectivity index (χ3v) is 16.1. The summed E-state index contributed by atoms with van der Waals surface area (Å²) in [5.74, 6) is 0.433. The lowest BCUT2D eigenvalue weighted by Crippen LogP contribution is -2.52. The number of hydrogen-bond acceptors (Lipinski definition) is 1. The van der Waals surface area contributed by atoms with E-state index in [1.165, 1.54) is 61.2 Å². The highest BCUT2D eigenvalue weighted by molar-refractivity contribution is 6.83. The van der Waals surface area contributed by atoms with Crippen molar-refractivity contribution in [1.82, 2.24) is 0 Å². The Morgan fingerprint density at radius 3 is 1.46 bits per heavy atom. The van der Waals surface area contributed by atoms with E-state index in [4.69, 9.17) is 4.74 Å². The Morgan fingerprint density at radius 2 is 1.04 bits per heavy atom. The van der Waals surface area contributed by atoms with Crippen LogP contribution in [0.2, 0.25) is 6.55 Å². The molecule has 0 saturated heterocycles. The first kappa shape index (κ1) is 36.3. The van der Waals surface area contributed by atoms with E-state index in [9.17, 15) is 0 Å². The first-order valence-corrected chi connectivity index (χ1v) is 21.7. The maximum atomic E-state index is 6.95. The maximum Gasteiger partial charge on any atom is 0.104 e. The van der Waals surface area contributed by atoms with E-state index < -0.39 is 8.07 Å². The van der Waals surface area contributed by atoms with Gasteiger partial charge in [0.25, 0.3) is 0 Å². The zero-order valence-electron chi connectivity index (χ0n) is 33.1. The van der Waals surface area contributed by atoms with Gasteiger partial charge in [0.15, 0.2) is 0 Å². The second-order valence-electron chi connectivity index (χ2n) is 18.7. The Bertz CT molecular complexity index is 1930. The Kier molecular flexibility index (Phi) is 9.41. The van der Waals surface area contributed by atoms with Crippen LogP contribution in [0.15, 0.2) is 96.1 Å². The Labute approximate surface area is 304 Å². The highest BCUT2D eigenvalue weighted by atomic mass is 28.3. The van der Waals surface area contributed by atoms with Gasteiger partial charge in [-0.25, -0.2) is 0 Å². The molecule has 2 aliphatic carbocycles. The zero-order valence-corrected chi connectivity index (χ0v) is 34.1. The predicted octanol–water partition coefficient (Wildman–Crippen LogP) is 13.5. The molecular weight excluding hydrogens is 621 g/mol. The molecule has 50 heavy (non-hydrogen) atoms. The van der Waals surface area contributed by atoms with Crippen molar-refractivity contribution < 1.29 is 4.74 Å². The lowest BCUT2D eigenvalue weighted by Gasteiger charge is -2.44. The monoisotopic (exact) mass is 680 g/mol. The quantitative estimate of drug-likeness (QED) is 0.177. The van der Waals surface area contributed by atoms with Crippen molar-refractivity contribution in [3.63, 3.8) is 0 Å². The predicted molar refractivity (Wildman–Crippen MR) is 220 cm³/mol. The van der Waals surface area contributed by atoms with Gasteiger partial charge < -0.3 is 4.74 Å². The van der Waals surface area contributed by atoms with Crippen LogP contribution >= 0.6 is 0 Å². The topological polar surface area (TPSA) is 9.23 Å². The third-order valence-electron chi connectivity index (χ3n) is 11.3. The number of hydrogen-bond donors (Lipinski definition) is 0. The van der Waals surface area contributed by atoms with Gasteiger partial charge in [-0.3, -0.25) is 0 Å². The molecule has 3 atom stereocenters. The van der Waals surface area contributed by atoms with Crippen molar-refractivity contribution in [2.45, 2.75) is 117 Å². The molecule has 4 aromatic rings. The van der Waals surface area contributed by atoms with Crippen molar-refractivity contribution in [1.29, 1.82) is 0 Å². The standard InChI is InChI=1S/C48H60OSi/c1-31(2)41-29-43-38(34-22-26-36(27-23-34)47(7,8)9)17-15-19-40(43)45(41)50(13,30-49-48(10,11)12)44-32(3)28-42-37(16-14-18-39(42)44)33-20-24-35(25-21-33)46(4,5)6/h14-29,31,44-45H,30H2,1-13H3. The molecule has 0 aromatic heterocycles. The van der Waals surface area contributed by atoms with Crippen molar-refractivity contribution in [2.24, 2.45) is 5.92 Å². The SMILES string of the molecule is CC1=Cc2c(-c3ccc(C(C)(C)C)cc3)cccc2C1[Si](C)(COC(C)(C)C)C1C(C(C)C)=Cc2c(-c3ccc(C(C)(C)C)cc3)cccc21. The minimum absolute atomic E-state index is 0.131. The molecule has 3 unspecified atom stereocenters. The number of fused-ring (bicyclic) bond motifs is 2. The molecule has 2 heteroatoms. The molecule has 1 nitrogen and oxygen atoms in total. The van der Waals surface area contributed by atoms with Gasteiger partial charge in [0, 0.05) is 17.3 Å². The van der Waals surface area contributed by atoms with Crippen molar-refractivity contribution >= 4 is 20.2 Å². The fourth-order valence-electron chi connectivity index (χ4n) is 8.60. The van der Waals surface area contributed by atoms with Gasteiger partial charge in [-0.05, 0) is 100 Å². The highest BCUT2D eigenvalue weighted by Gasteiger charge is 2.52. The number of allylic oxidation sites excluding steroid dienone is 2. The van der Waals surface area contributed by atoms with E-state index in [1.807, 2.05) is 0 Å².